The Kier molecular flexibility index (Phi) is 5.30. The summed E-state index contributed by atoms with van der Waals surface area (Å²) in [5.74, 6) is -2.66. The molecule has 0 radical (unpaired) electrons. The molecule has 0 unspecified atom stereocenters. The second-order valence-electron chi connectivity index (χ2n) is 4.63. The van der Waals surface area contributed by atoms with Crippen molar-refractivity contribution in [2.24, 2.45) is 0 Å². The summed E-state index contributed by atoms with van der Waals surface area (Å²) >= 11 is 0. The average molecular weight is 353 g/mol. The number of rotatable bonds is 5. The van der Waals surface area contributed by atoms with Gasteiger partial charge in [-0.15, -0.1) is 0 Å². The first-order valence-corrected chi connectivity index (χ1v) is 8.15. The van der Waals surface area contributed by atoms with Crippen molar-refractivity contribution < 1.29 is 26.7 Å². The van der Waals surface area contributed by atoms with Crippen LogP contribution < -0.4 is 4.72 Å². The maximum atomic E-state index is 13.6. The Morgan fingerprint density at radius 2 is 1.75 bits per heavy atom. The molecule has 0 saturated heterocycles. The molecule has 2 aromatic carbocycles. The van der Waals surface area contributed by atoms with Gasteiger partial charge in [-0.1, -0.05) is 18.2 Å². The van der Waals surface area contributed by atoms with Crippen LogP contribution >= 0.6 is 0 Å². The first-order valence-electron chi connectivity index (χ1n) is 6.66. The fraction of sp³-hybridized carbons (Fsp3) is 0.0625. The lowest BCUT2D eigenvalue weighted by Gasteiger charge is -2.10. The Balaban J connectivity index is 2.33. The van der Waals surface area contributed by atoms with Crippen molar-refractivity contribution in [2.75, 3.05) is 11.8 Å². The van der Waals surface area contributed by atoms with Crippen LogP contribution in [0, 0.1) is 11.6 Å². The highest BCUT2D eigenvalue weighted by Gasteiger charge is 2.19. The zero-order valence-corrected chi connectivity index (χ0v) is 13.3. The Morgan fingerprint density at radius 3 is 2.38 bits per heavy atom. The third-order valence-corrected chi connectivity index (χ3v) is 4.33. The van der Waals surface area contributed by atoms with Crippen LogP contribution in [0.3, 0.4) is 0 Å². The van der Waals surface area contributed by atoms with Gasteiger partial charge in [0.05, 0.1) is 12.0 Å². The molecule has 0 bridgehead atoms. The van der Waals surface area contributed by atoms with E-state index in [4.69, 9.17) is 0 Å². The van der Waals surface area contributed by atoms with E-state index in [0.717, 1.165) is 24.3 Å². The monoisotopic (exact) mass is 353 g/mol. The van der Waals surface area contributed by atoms with Gasteiger partial charge in [0, 0.05) is 6.08 Å². The third-order valence-electron chi connectivity index (χ3n) is 2.98. The van der Waals surface area contributed by atoms with E-state index in [2.05, 4.69) is 4.74 Å². The van der Waals surface area contributed by atoms with Crippen LogP contribution in [-0.2, 0) is 19.6 Å². The lowest BCUT2D eigenvalue weighted by molar-refractivity contribution is -0.134. The minimum Gasteiger partial charge on any atom is -0.466 e. The van der Waals surface area contributed by atoms with Gasteiger partial charge in [-0.25, -0.2) is 22.0 Å². The summed E-state index contributed by atoms with van der Waals surface area (Å²) in [6.45, 7) is 0. The van der Waals surface area contributed by atoms with Crippen molar-refractivity contribution in [3.63, 3.8) is 0 Å². The molecule has 0 aliphatic heterocycles. The Labute approximate surface area is 137 Å². The first-order chi connectivity index (χ1) is 11.3. The molecule has 1 N–H and O–H groups in total. The van der Waals surface area contributed by atoms with Gasteiger partial charge in [0.15, 0.2) is 0 Å². The van der Waals surface area contributed by atoms with E-state index < -0.39 is 33.3 Å². The van der Waals surface area contributed by atoms with E-state index in [1.807, 2.05) is 4.72 Å². The SMILES string of the molecule is COC(=O)C=Cc1cccc(S(=O)(=O)Nc2c(F)cccc2F)c1. The summed E-state index contributed by atoms with van der Waals surface area (Å²) < 4.78 is 58.1. The minimum atomic E-state index is -4.21. The molecule has 2 aromatic rings. The van der Waals surface area contributed by atoms with Crippen LogP contribution in [0.1, 0.15) is 5.56 Å². The summed E-state index contributed by atoms with van der Waals surface area (Å²) in [7, 11) is -3.00. The molecule has 0 atom stereocenters. The van der Waals surface area contributed by atoms with E-state index in [1.165, 1.54) is 31.4 Å². The molecule has 2 rings (SSSR count). The molecule has 126 valence electrons. The fourth-order valence-corrected chi connectivity index (χ4v) is 2.94. The summed E-state index contributed by atoms with van der Waals surface area (Å²) in [5, 5.41) is 0. The summed E-state index contributed by atoms with van der Waals surface area (Å²) in [6, 6.07) is 8.51. The number of sulfonamides is 1. The smallest absolute Gasteiger partial charge is 0.330 e. The van der Waals surface area contributed by atoms with E-state index in [-0.39, 0.29) is 4.90 Å². The van der Waals surface area contributed by atoms with Gasteiger partial charge < -0.3 is 4.74 Å². The number of hydrogen-bond donors (Lipinski definition) is 1. The van der Waals surface area contributed by atoms with Crippen molar-refractivity contribution in [1.29, 1.82) is 0 Å². The Hall–Kier alpha value is -2.74. The van der Waals surface area contributed by atoms with Crippen LogP contribution in [0.2, 0.25) is 0 Å². The normalized spacial score (nSPS) is 11.5. The molecule has 24 heavy (non-hydrogen) atoms. The second-order valence-corrected chi connectivity index (χ2v) is 6.31. The van der Waals surface area contributed by atoms with E-state index in [0.29, 0.717) is 5.56 Å². The van der Waals surface area contributed by atoms with E-state index in [9.17, 15) is 22.0 Å². The van der Waals surface area contributed by atoms with Crippen molar-refractivity contribution in [2.45, 2.75) is 4.90 Å². The minimum absolute atomic E-state index is 0.211. The summed E-state index contributed by atoms with van der Waals surface area (Å²) in [4.78, 5) is 10.8. The second kappa shape index (κ2) is 7.22. The van der Waals surface area contributed by atoms with Crippen LogP contribution in [0.25, 0.3) is 6.08 Å². The number of carbonyl (C=O) groups excluding carboxylic acids is 1. The largest absolute Gasteiger partial charge is 0.466 e. The predicted octanol–water partition coefficient (Wildman–Crippen LogP) is 2.95. The van der Waals surface area contributed by atoms with Gasteiger partial charge >= 0.3 is 5.97 Å². The average Bonchev–Trinajstić information content (AvgIpc) is 2.56. The van der Waals surface area contributed by atoms with E-state index >= 15 is 0 Å². The topological polar surface area (TPSA) is 72.5 Å². The van der Waals surface area contributed by atoms with Gasteiger partial charge in [-0.2, -0.15) is 0 Å². The van der Waals surface area contributed by atoms with Crippen LogP contribution in [0.4, 0.5) is 14.5 Å². The highest BCUT2D eigenvalue weighted by molar-refractivity contribution is 7.92. The van der Waals surface area contributed by atoms with Crippen LogP contribution in [0.15, 0.2) is 53.4 Å². The molecule has 0 fully saturated rings. The number of benzene rings is 2. The van der Waals surface area contributed by atoms with Crippen molar-refractivity contribution in [3.05, 3.63) is 65.7 Å². The molecule has 8 heteroatoms. The molecule has 0 aromatic heterocycles. The molecule has 0 aliphatic rings. The highest BCUT2D eigenvalue weighted by atomic mass is 32.2. The molecular formula is C16H13F2NO4S. The predicted molar refractivity (Wildman–Crippen MR) is 84.7 cm³/mol. The molecule has 5 nitrogen and oxygen atoms in total. The van der Waals surface area contributed by atoms with Gasteiger partial charge in [0.2, 0.25) is 0 Å². The number of nitrogens with one attached hydrogen (secondary N) is 1. The number of esters is 1. The fourth-order valence-electron chi connectivity index (χ4n) is 1.81. The number of carbonyl (C=O) groups is 1. The van der Waals surface area contributed by atoms with Crippen LogP contribution in [0.5, 0.6) is 0 Å². The molecule has 0 aliphatic carbocycles. The standard InChI is InChI=1S/C16H13F2NO4S/c1-23-15(20)9-8-11-4-2-5-12(10-11)24(21,22)19-16-13(17)6-3-7-14(16)18/h2-10,19H,1H3. The van der Waals surface area contributed by atoms with E-state index in [1.54, 1.807) is 6.07 Å². The summed E-state index contributed by atoms with van der Waals surface area (Å²) in [6.07, 6.45) is 2.48. The number of halogens is 2. The number of ether oxygens (including phenoxy) is 1. The Morgan fingerprint density at radius 1 is 1.12 bits per heavy atom. The Bertz CT molecular complexity index is 874. The molecule has 0 spiro atoms. The van der Waals surface area contributed by atoms with Gasteiger partial charge in [-0.3, -0.25) is 4.72 Å². The third kappa shape index (κ3) is 4.17. The molecule has 0 amide bonds. The maximum Gasteiger partial charge on any atom is 0.330 e. The molecule has 0 heterocycles. The maximum absolute atomic E-state index is 13.6. The zero-order chi connectivity index (χ0) is 17.7. The summed E-state index contributed by atoms with van der Waals surface area (Å²) in [5.41, 5.74) is -0.356. The van der Waals surface area contributed by atoms with Gasteiger partial charge in [0.1, 0.15) is 17.3 Å². The molecular weight excluding hydrogens is 340 g/mol. The lowest BCUT2D eigenvalue weighted by Crippen LogP contribution is -2.15. The van der Waals surface area contributed by atoms with Crippen molar-refractivity contribution in [1.82, 2.24) is 0 Å². The number of para-hydroxylation sites is 1. The molecule has 0 saturated carbocycles. The lowest BCUT2D eigenvalue weighted by atomic mass is 10.2. The highest BCUT2D eigenvalue weighted by Crippen LogP contribution is 2.23. The van der Waals surface area contributed by atoms with Crippen molar-refractivity contribution in [3.8, 4) is 0 Å². The number of methoxy groups -OCH3 is 1. The van der Waals surface area contributed by atoms with Gasteiger partial charge in [0.25, 0.3) is 10.0 Å². The first kappa shape index (κ1) is 17.6. The van der Waals surface area contributed by atoms with Crippen molar-refractivity contribution >= 4 is 27.8 Å². The van der Waals surface area contributed by atoms with Gasteiger partial charge in [-0.05, 0) is 35.9 Å². The quantitative estimate of drug-likeness (QED) is 0.663. The zero-order valence-electron chi connectivity index (χ0n) is 12.5. The number of hydrogen-bond acceptors (Lipinski definition) is 4. The number of anilines is 1. The van der Waals surface area contributed by atoms with Crippen LogP contribution in [-0.4, -0.2) is 21.5 Å².